The van der Waals surface area contributed by atoms with Crippen LogP contribution in [0.25, 0.3) is 0 Å². The SMILES string of the molecule is C[Si](C)(CC([Se]c1ccccc1)S(=O)c1ccccc1)c1ccccc1. The van der Waals surface area contributed by atoms with Crippen LogP contribution in [0, 0.1) is 0 Å². The molecule has 0 radical (unpaired) electrons. The van der Waals surface area contributed by atoms with Crippen LogP contribution in [0.5, 0.6) is 0 Å². The molecular formula is C22H24OSSeSi. The van der Waals surface area contributed by atoms with E-state index in [0.717, 1.165) is 10.9 Å². The summed E-state index contributed by atoms with van der Waals surface area (Å²) >= 11 is 0.182. The molecule has 0 N–H and O–H groups in total. The number of hydrogen-bond donors (Lipinski definition) is 0. The van der Waals surface area contributed by atoms with E-state index in [0.29, 0.717) is 0 Å². The Morgan fingerprint density at radius 2 is 1.31 bits per heavy atom. The number of hydrogen-bond acceptors (Lipinski definition) is 1. The average molecular weight is 444 g/mol. The molecule has 0 bridgehead atoms. The summed E-state index contributed by atoms with van der Waals surface area (Å²) in [5, 5.41) is 1.44. The summed E-state index contributed by atoms with van der Waals surface area (Å²) in [4.78, 5) is 0.952. The van der Waals surface area contributed by atoms with Gasteiger partial charge in [-0.3, -0.25) is 0 Å². The van der Waals surface area contributed by atoms with Gasteiger partial charge in [-0.1, -0.05) is 0 Å². The molecule has 2 atom stereocenters. The van der Waals surface area contributed by atoms with E-state index in [1.54, 1.807) is 0 Å². The van der Waals surface area contributed by atoms with Crippen LogP contribution in [0.2, 0.25) is 19.1 Å². The molecular weight excluding hydrogens is 419 g/mol. The van der Waals surface area contributed by atoms with Gasteiger partial charge in [-0.15, -0.1) is 0 Å². The minimum absolute atomic E-state index is 0.182. The van der Waals surface area contributed by atoms with Crippen molar-refractivity contribution in [3.05, 3.63) is 91.0 Å². The number of benzene rings is 3. The Bertz CT molecular complexity index is 838. The summed E-state index contributed by atoms with van der Waals surface area (Å²) in [6, 6.07) is 32.3. The van der Waals surface area contributed by atoms with Crippen LogP contribution >= 0.6 is 0 Å². The molecule has 0 fully saturated rings. The Morgan fingerprint density at radius 1 is 0.808 bits per heavy atom. The molecule has 0 aliphatic heterocycles. The average Bonchev–Trinajstić information content (AvgIpc) is 2.69. The van der Waals surface area contributed by atoms with Crippen molar-refractivity contribution >= 4 is 43.5 Å². The first-order chi connectivity index (χ1) is 12.6. The molecule has 26 heavy (non-hydrogen) atoms. The van der Waals surface area contributed by atoms with Crippen molar-refractivity contribution in [1.82, 2.24) is 0 Å². The predicted octanol–water partition coefficient (Wildman–Crippen LogP) is 3.77. The second-order valence-electron chi connectivity index (χ2n) is 6.92. The Labute approximate surface area is 166 Å². The Hall–Kier alpha value is -1.45. The molecule has 0 heterocycles. The molecule has 0 saturated carbocycles. The van der Waals surface area contributed by atoms with Gasteiger partial charge in [-0.05, 0) is 0 Å². The van der Waals surface area contributed by atoms with E-state index in [1.165, 1.54) is 9.65 Å². The minimum atomic E-state index is -1.67. The van der Waals surface area contributed by atoms with Gasteiger partial charge in [0.15, 0.2) is 0 Å². The molecule has 0 aromatic heterocycles. The van der Waals surface area contributed by atoms with Crippen LogP contribution < -0.4 is 9.65 Å². The summed E-state index contributed by atoms with van der Waals surface area (Å²) in [6.07, 6.45) is 0. The van der Waals surface area contributed by atoms with Crippen molar-refractivity contribution in [2.24, 2.45) is 0 Å². The first-order valence-electron chi connectivity index (χ1n) is 8.79. The van der Waals surface area contributed by atoms with Crippen molar-refractivity contribution in [2.45, 2.75) is 28.2 Å². The van der Waals surface area contributed by atoms with Crippen LogP contribution in [0.15, 0.2) is 95.9 Å². The van der Waals surface area contributed by atoms with Gasteiger partial charge >= 0.3 is 167 Å². The second-order valence-corrected chi connectivity index (χ2v) is 16.7. The second kappa shape index (κ2) is 8.96. The molecule has 134 valence electrons. The van der Waals surface area contributed by atoms with Crippen LogP contribution in [0.3, 0.4) is 0 Å². The molecule has 4 heteroatoms. The van der Waals surface area contributed by atoms with E-state index in [1.807, 2.05) is 36.4 Å². The maximum absolute atomic E-state index is 13.4. The fraction of sp³-hybridized carbons (Fsp3) is 0.182. The molecule has 0 spiro atoms. The van der Waals surface area contributed by atoms with Gasteiger partial charge in [-0.25, -0.2) is 0 Å². The van der Waals surface area contributed by atoms with E-state index in [-0.39, 0.29) is 19.1 Å². The summed E-state index contributed by atoms with van der Waals surface area (Å²) in [7, 11) is -2.65. The third kappa shape index (κ3) is 5.05. The summed E-state index contributed by atoms with van der Waals surface area (Å²) in [5.41, 5.74) is 0. The zero-order chi connectivity index (χ0) is 18.4. The number of rotatable bonds is 7. The predicted molar refractivity (Wildman–Crippen MR) is 117 cm³/mol. The first kappa shape index (κ1) is 19.3. The van der Waals surface area contributed by atoms with Crippen molar-refractivity contribution in [1.29, 1.82) is 0 Å². The summed E-state index contributed by atoms with van der Waals surface area (Å²) < 4.78 is 14.9. The molecule has 2 unspecified atom stereocenters. The third-order valence-electron chi connectivity index (χ3n) is 4.46. The van der Waals surface area contributed by atoms with Crippen LogP contribution in [0.4, 0.5) is 0 Å². The van der Waals surface area contributed by atoms with E-state index in [2.05, 4.69) is 67.7 Å². The van der Waals surface area contributed by atoms with Crippen LogP contribution in [-0.2, 0) is 10.8 Å². The van der Waals surface area contributed by atoms with Crippen LogP contribution in [0.1, 0.15) is 0 Å². The standard InChI is InChI=1S/C22H24OSSeSi/c1-26(2,21-16-10-5-11-17-21)18-22(25-20-14-8-4-9-15-20)24(23)19-12-6-3-7-13-19/h3-17,22H,18H2,1-2H3. The molecule has 3 aromatic rings. The summed E-state index contributed by atoms with van der Waals surface area (Å²) in [5.74, 6) is 0. The fourth-order valence-electron chi connectivity index (χ4n) is 2.94. The van der Waals surface area contributed by atoms with Gasteiger partial charge in [0.1, 0.15) is 0 Å². The summed E-state index contributed by atoms with van der Waals surface area (Å²) in [6.45, 7) is 4.80. The first-order valence-corrected chi connectivity index (χ1v) is 15.1. The van der Waals surface area contributed by atoms with Gasteiger partial charge in [0.2, 0.25) is 0 Å². The monoisotopic (exact) mass is 444 g/mol. The van der Waals surface area contributed by atoms with E-state index < -0.39 is 18.9 Å². The molecule has 0 saturated heterocycles. The van der Waals surface area contributed by atoms with Crippen molar-refractivity contribution in [2.75, 3.05) is 0 Å². The molecule has 1 nitrogen and oxygen atoms in total. The quantitative estimate of drug-likeness (QED) is 0.508. The van der Waals surface area contributed by atoms with Gasteiger partial charge in [-0.2, -0.15) is 0 Å². The van der Waals surface area contributed by atoms with Gasteiger partial charge in [0.25, 0.3) is 0 Å². The molecule has 0 aliphatic carbocycles. The Morgan fingerprint density at radius 3 is 1.88 bits per heavy atom. The normalized spacial score (nSPS) is 13.9. The van der Waals surface area contributed by atoms with E-state index >= 15 is 0 Å². The Balaban J connectivity index is 1.88. The zero-order valence-corrected chi connectivity index (χ0v) is 18.7. The van der Waals surface area contributed by atoms with Gasteiger partial charge in [0, 0.05) is 0 Å². The zero-order valence-electron chi connectivity index (χ0n) is 15.2. The van der Waals surface area contributed by atoms with Gasteiger partial charge in [0.05, 0.1) is 0 Å². The van der Waals surface area contributed by atoms with Crippen molar-refractivity contribution < 1.29 is 4.21 Å². The third-order valence-corrected chi connectivity index (χ3v) is 13.8. The molecule has 0 aliphatic rings. The Kier molecular flexibility index (Phi) is 6.66. The van der Waals surface area contributed by atoms with Crippen molar-refractivity contribution in [3.8, 4) is 0 Å². The molecule has 0 amide bonds. The molecule has 3 rings (SSSR count). The fourth-order valence-corrected chi connectivity index (χ4v) is 14.1. The van der Waals surface area contributed by atoms with E-state index in [4.69, 9.17) is 0 Å². The topological polar surface area (TPSA) is 17.1 Å². The van der Waals surface area contributed by atoms with Crippen LogP contribution in [-0.4, -0.2) is 31.4 Å². The van der Waals surface area contributed by atoms with E-state index in [9.17, 15) is 4.21 Å². The molecule has 3 aromatic carbocycles. The van der Waals surface area contributed by atoms with Gasteiger partial charge < -0.3 is 0 Å². The van der Waals surface area contributed by atoms with Crippen molar-refractivity contribution in [3.63, 3.8) is 0 Å². The maximum atomic E-state index is 13.4.